The van der Waals surface area contributed by atoms with E-state index in [1.54, 1.807) is 18.9 Å². The van der Waals surface area contributed by atoms with E-state index >= 15 is 4.79 Å². The number of rotatable bonds is 17. The van der Waals surface area contributed by atoms with Crippen molar-refractivity contribution in [2.45, 2.75) is 147 Å². The van der Waals surface area contributed by atoms with Gasteiger partial charge in [0, 0.05) is 32.4 Å². The Balaban J connectivity index is 1.18. The normalized spacial score (nSPS) is 23.6. The highest BCUT2D eigenvalue weighted by Crippen LogP contribution is 2.46. The van der Waals surface area contributed by atoms with Crippen LogP contribution >= 0.6 is 0 Å². The van der Waals surface area contributed by atoms with Crippen molar-refractivity contribution in [2.24, 2.45) is 11.3 Å². The molecule has 7 rings (SSSR count). The Labute approximate surface area is 398 Å². The summed E-state index contributed by atoms with van der Waals surface area (Å²) in [5.74, 6) is -4.41. The lowest BCUT2D eigenvalue weighted by atomic mass is 9.82. The van der Waals surface area contributed by atoms with Gasteiger partial charge < -0.3 is 35.8 Å². The zero-order chi connectivity index (χ0) is 48.8. The first-order chi connectivity index (χ1) is 32.5. The quantitative estimate of drug-likeness (QED) is 0.143. The maximum atomic E-state index is 15.5. The molecule has 68 heavy (non-hydrogen) atoms. The first kappa shape index (κ1) is 49.8. The molecule has 4 fully saturated rings. The number of amides is 6. The van der Waals surface area contributed by atoms with Crippen molar-refractivity contribution in [2.75, 3.05) is 20.1 Å². The number of likely N-dealkylation sites (tertiary alicyclic amines) is 1. The van der Waals surface area contributed by atoms with Gasteiger partial charge in [-0.15, -0.1) is 0 Å². The molecule has 1 aliphatic carbocycles. The predicted molar refractivity (Wildman–Crippen MR) is 252 cm³/mol. The number of carbonyl (C=O) groups excluding carboxylic acids is 7. The van der Waals surface area contributed by atoms with Crippen LogP contribution in [0.3, 0.4) is 0 Å². The molecule has 4 heterocycles. The van der Waals surface area contributed by atoms with Gasteiger partial charge in [-0.3, -0.25) is 43.4 Å². The minimum absolute atomic E-state index is 0.0112. The van der Waals surface area contributed by atoms with Crippen molar-refractivity contribution in [1.82, 2.24) is 45.9 Å². The molecule has 1 saturated carbocycles. The molecule has 17 heteroatoms. The standard InChI is InChI=1S/C51H67N9O8/c1-7-17-37(42(61)47(65)54-32(2)34-20-13-9-14-21-34)55-45(63)40-27-51(58(6)48(66)39-26-36(29-60(39)51)68-30-33-18-11-8-12-19-33)31-59(40)49(67)43(50(3,4)5)57-46(64)41(35-22-15-10-16-23-35)56-44(62)38-28-52-24-25-53-38/h8-9,11-14,18-21,24-25,28,32,35-37,39-41,43H,7,10,15-17,22-23,26-27,29-31H2,1-6H3,(H,54,65)(H,55,63)(H,56,62)(H,57,64)/t32-,36+,37?,39+,40-,41-,43+,51?/m0/s1. The van der Waals surface area contributed by atoms with E-state index < -0.39 is 82.6 Å². The van der Waals surface area contributed by atoms with E-state index in [0.29, 0.717) is 38.8 Å². The lowest BCUT2D eigenvalue weighted by Gasteiger charge is -2.40. The molecule has 3 aromatic rings. The zero-order valence-electron chi connectivity index (χ0n) is 40.1. The topological polar surface area (TPSA) is 212 Å². The molecule has 17 nitrogen and oxygen atoms in total. The van der Waals surface area contributed by atoms with Gasteiger partial charge in [-0.2, -0.15) is 0 Å². The van der Waals surface area contributed by atoms with Crippen molar-refractivity contribution in [3.05, 3.63) is 96.1 Å². The average molecular weight is 934 g/mol. The summed E-state index contributed by atoms with van der Waals surface area (Å²) in [6.07, 6.45) is 9.01. The molecule has 0 radical (unpaired) electrons. The summed E-state index contributed by atoms with van der Waals surface area (Å²) in [7, 11) is 1.68. The van der Waals surface area contributed by atoms with Gasteiger partial charge in [-0.1, -0.05) is 114 Å². The van der Waals surface area contributed by atoms with Gasteiger partial charge in [0.2, 0.25) is 29.4 Å². The lowest BCUT2D eigenvalue weighted by molar-refractivity contribution is -0.145. The molecular weight excluding hydrogens is 867 g/mol. The number of benzene rings is 2. The first-order valence-electron chi connectivity index (χ1n) is 24.1. The summed E-state index contributed by atoms with van der Waals surface area (Å²) >= 11 is 0. The van der Waals surface area contributed by atoms with Crippen molar-refractivity contribution < 1.29 is 38.3 Å². The third kappa shape index (κ3) is 10.9. The maximum Gasteiger partial charge on any atom is 0.290 e. The van der Waals surface area contributed by atoms with Gasteiger partial charge in [0.25, 0.3) is 11.8 Å². The van der Waals surface area contributed by atoms with Crippen molar-refractivity contribution in [1.29, 1.82) is 0 Å². The Kier molecular flexibility index (Phi) is 15.7. The molecule has 8 atom stereocenters. The number of ketones is 1. The molecule has 3 aliphatic heterocycles. The van der Waals surface area contributed by atoms with Gasteiger partial charge in [0.15, 0.2) is 0 Å². The van der Waals surface area contributed by atoms with E-state index in [-0.39, 0.29) is 43.0 Å². The Morgan fingerprint density at radius 1 is 0.897 bits per heavy atom. The third-order valence-electron chi connectivity index (χ3n) is 14.2. The molecular formula is C51H67N9O8. The van der Waals surface area contributed by atoms with Crippen LogP contribution in [0.2, 0.25) is 0 Å². The summed E-state index contributed by atoms with van der Waals surface area (Å²) in [5, 5.41) is 11.6. The fraction of sp³-hybridized carbons (Fsp3) is 0.549. The summed E-state index contributed by atoms with van der Waals surface area (Å²) < 4.78 is 6.37. The largest absolute Gasteiger partial charge is 0.372 e. The van der Waals surface area contributed by atoms with Crippen molar-refractivity contribution in [3.63, 3.8) is 0 Å². The molecule has 4 N–H and O–H groups in total. The van der Waals surface area contributed by atoms with E-state index in [9.17, 15) is 28.8 Å². The predicted octanol–water partition coefficient (Wildman–Crippen LogP) is 3.85. The van der Waals surface area contributed by atoms with Crippen LogP contribution < -0.4 is 21.3 Å². The number of nitrogens with zero attached hydrogens (tertiary/aromatic N) is 5. The van der Waals surface area contributed by atoms with Gasteiger partial charge in [0.05, 0.1) is 43.6 Å². The summed E-state index contributed by atoms with van der Waals surface area (Å²) in [5.41, 5.74) is -0.239. The van der Waals surface area contributed by atoms with E-state index in [4.69, 9.17) is 4.74 Å². The Bertz CT molecular complexity index is 2290. The van der Waals surface area contributed by atoms with Crippen LogP contribution in [0.25, 0.3) is 0 Å². The number of fused-ring (bicyclic) bond motifs is 2. The van der Waals surface area contributed by atoms with Crippen LogP contribution in [0.1, 0.15) is 120 Å². The van der Waals surface area contributed by atoms with Crippen LogP contribution in [0.5, 0.6) is 0 Å². The number of hydrogen-bond donors (Lipinski definition) is 4. The maximum absolute atomic E-state index is 15.5. The van der Waals surface area contributed by atoms with Gasteiger partial charge >= 0.3 is 0 Å². The average Bonchev–Trinajstić information content (AvgIpc) is 4.02. The molecule has 1 aromatic heterocycles. The number of nitrogens with one attached hydrogen (secondary N) is 4. The molecule has 0 bridgehead atoms. The third-order valence-corrected chi connectivity index (χ3v) is 14.2. The Morgan fingerprint density at radius 3 is 2.24 bits per heavy atom. The van der Waals surface area contributed by atoms with Crippen molar-refractivity contribution >= 4 is 41.2 Å². The number of aromatic nitrogens is 2. The highest BCUT2D eigenvalue weighted by Gasteiger charge is 2.65. The van der Waals surface area contributed by atoms with Crippen LogP contribution in [0.15, 0.2) is 79.3 Å². The summed E-state index contributed by atoms with van der Waals surface area (Å²) in [4.78, 5) is 113. The zero-order valence-corrected chi connectivity index (χ0v) is 40.1. The minimum atomic E-state index is -1.23. The lowest BCUT2D eigenvalue weighted by Crippen LogP contribution is -2.62. The second-order valence-corrected chi connectivity index (χ2v) is 20.0. The number of likely N-dealkylation sites (N-methyl/N-ethyl adjacent to an activating group) is 1. The molecule has 2 unspecified atom stereocenters. The molecule has 6 amide bonds. The van der Waals surface area contributed by atoms with Gasteiger partial charge in [-0.05, 0) is 55.1 Å². The highest BCUT2D eigenvalue weighted by molar-refractivity contribution is 6.38. The highest BCUT2D eigenvalue weighted by atomic mass is 16.5. The van der Waals surface area contributed by atoms with Crippen LogP contribution in [0.4, 0.5) is 0 Å². The monoisotopic (exact) mass is 934 g/mol. The number of ether oxygens (including phenoxy) is 1. The van der Waals surface area contributed by atoms with E-state index in [0.717, 1.165) is 30.4 Å². The number of hydrogen-bond acceptors (Lipinski definition) is 11. The van der Waals surface area contributed by atoms with Gasteiger partial charge in [0.1, 0.15) is 29.5 Å². The molecule has 1 spiro atoms. The number of carbonyl (C=O) groups is 7. The Morgan fingerprint density at radius 2 is 1.59 bits per heavy atom. The van der Waals surface area contributed by atoms with Crippen molar-refractivity contribution in [3.8, 4) is 0 Å². The minimum Gasteiger partial charge on any atom is -0.372 e. The number of Topliss-reactive ketones (excluding diaryl/α,β-unsaturated/α-hetero) is 1. The Hall–Kier alpha value is -6.07. The second kappa shape index (κ2) is 21.5. The summed E-state index contributed by atoms with van der Waals surface area (Å²) in [6.45, 7) is 9.65. The first-order valence-corrected chi connectivity index (χ1v) is 24.1. The van der Waals surface area contributed by atoms with Gasteiger partial charge in [-0.25, -0.2) is 4.98 Å². The second-order valence-electron chi connectivity index (χ2n) is 20.0. The SMILES string of the molecule is CCCC(NC(=O)[C@@H]1CC2(CN1C(=O)[C@@H](NC(=O)[C@@H](NC(=O)c1cnccn1)C1CCCCC1)C(C)(C)C)N(C)C(=O)[C@H]1C[C@@H](OCc3ccccc3)CN12)C(=O)C(=O)N[C@@H](C)c1ccccc1. The summed E-state index contributed by atoms with van der Waals surface area (Å²) in [6, 6.07) is 13.2. The van der Waals surface area contributed by atoms with E-state index in [1.807, 2.05) is 93.3 Å². The van der Waals surface area contributed by atoms with Crippen LogP contribution in [0, 0.1) is 11.3 Å². The fourth-order valence-corrected chi connectivity index (χ4v) is 10.4. The molecule has 364 valence electrons. The van der Waals surface area contributed by atoms with E-state index in [2.05, 4.69) is 31.2 Å². The van der Waals surface area contributed by atoms with E-state index in [1.165, 1.54) is 23.5 Å². The van der Waals surface area contributed by atoms with Crippen LogP contribution in [-0.4, -0.2) is 128 Å². The molecule has 2 aromatic carbocycles. The molecule has 3 saturated heterocycles. The van der Waals surface area contributed by atoms with Crippen LogP contribution in [-0.2, 0) is 40.1 Å². The molecule has 4 aliphatic rings. The fourth-order valence-electron chi connectivity index (χ4n) is 10.4. The smallest absolute Gasteiger partial charge is 0.290 e.